The first kappa shape index (κ1) is 14.0. The number of pyridine rings is 1. The van der Waals surface area contributed by atoms with Gasteiger partial charge in [0.1, 0.15) is 11.5 Å². The molecule has 6 nitrogen and oxygen atoms in total. The third-order valence-electron chi connectivity index (χ3n) is 2.97. The fourth-order valence-electron chi connectivity index (χ4n) is 1.84. The molecule has 0 unspecified atom stereocenters. The van der Waals surface area contributed by atoms with Gasteiger partial charge in [-0.2, -0.15) is 0 Å². The van der Waals surface area contributed by atoms with Gasteiger partial charge in [-0.1, -0.05) is 5.16 Å². The SMILES string of the molecule is Cc1cc(CN(C)C(=O)N[C@H](C)c2ccncc2)no1. The maximum atomic E-state index is 12.1. The number of amides is 2. The number of hydrogen-bond donors (Lipinski definition) is 1. The Kier molecular flexibility index (Phi) is 4.34. The molecule has 6 heteroatoms. The minimum Gasteiger partial charge on any atom is -0.361 e. The second kappa shape index (κ2) is 6.18. The fourth-order valence-corrected chi connectivity index (χ4v) is 1.84. The van der Waals surface area contributed by atoms with E-state index in [9.17, 15) is 4.79 Å². The van der Waals surface area contributed by atoms with E-state index in [1.165, 1.54) is 0 Å². The Labute approximate surface area is 117 Å². The molecule has 1 atom stereocenters. The molecule has 0 aliphatic carbocycles. The van der Waals surface area contributed by atoms with Gasteiger partial charge in [-0.15, -0.1) is 0 Å². The summed E-state index contributed by atoms with van der Waals surface area (Å²) in [5.74, 6) is 0.735. The molecule has 0 saturated heterocycles. The van der Waals surface area contributed by atoms with Crippen LogP contribution in [-0.2, 0) is 6.54 Å². The monoisotopic (exact) mass is 274 g/mol. The van der Waals surface area contributed by atoms with Gasteiger partial charge >= 0.3 is 6.03 Å². The summed E-state index contributed by atoms with van der Waals surface area (Å²) < 4.78 is 4.98. The van der Waals surface area contributed by atoms with Gasteiger partial charge in [-0.25, -0.2) is 4.79 Å². The molecular formula is C14H18N4O2. The van der Waals surface area contributed by atoms with E-state index >= 15 is 0 Å². The summed E-state index contributed by atoms with van der Waals surface area (Å²) in [6.07, 6.45) is 3.42. The lowest BCUT2D eigenvalue weighted by Crippen LogP contribution is -2.38. The molecule has 2 amide bonds. The number of carbonyl (C=O) groups excluding carboxylic acids is 1. The van der Waals surface area contributed by atoms with Crippen molar-refractivity contribution in [3.05, 3.63) is 47.6 Å². The number of urea groups is 1. The topological polar surface area (TPSA) is 71.3 Å². The average molecular weight is 274 g/mol. The largest absolute Gasteiger partial charge is 0.361 e. The normalized spacial score (nSPS) is 11.9. The molecule has 0 aliphatic heterocycles. The van der Waals surface area contributed by atoms with E-state index in [1.807, 2.05) is 32.0 Å². The highest BCUT2D eigenvalue weighted by atomic mass is 16.5. The van der Waals surface area contributed by atoms with Crippen LogP contribution in [0, 0.1) is 6.92 Å². The molecule has 0 bridgehead atoms. The number of nitrogens with one attached hydrogen (secondary N) is 1. The quantitative estimate of drug-likeness (QED) is 0.928. The highest BCUT2D eigenvalue weighted by Gasteiger charge is 2.14. The van der Waals surface area contributed by atoms with Crippen molar-refractivity contribution in [2.24, 2.45) is 0 Å². The van der Waals surface area contributed by atoms with Crippen LogP contribution in [-0.4, -0.2) is 28.1 Å². The zero-order valence-corrected chi connectivity index (χ0v) is 11.8. The van der Waals surface area contributed by atoms with Crippen molar-refractivity contribution in [1.82, 2.24) is 20.4 Å². The minimum absolute atomic E-state index is 0.0769. The molecule has 0 radical (unpaired) electrons. The first-order valence-corrected chi connectivity index (χ1v) is 6.40. The molecule has 106 valence electrons. The molecular weight excluding hydrogens is 256 g/mol. The van der Waals surface area contributed by atoms with Gasteiger partial charge in [-0.3, -0.25) is 4.98 Å². The molecule has 2 rings (SSSR count). The van der Waals surface area contributed by atoms with Crippen molar-refractivity contribution in [2.75, 3.05) is 7.05 Å². The Morgan fingerprint density at radius 1 is 1.45 bits per heavy atom. The van der Waals surface area contributed by atoms with Crippen LogP contribution in [0.4, 0.5) is 4.79 Å². The number of carbonyl (C=O) groups is 1. The van der Waals surface area contributed by atoms with Crippen molar-refractivity contribution >= 4 is 6.03 Å². The fraction of sp³-hybridized carbons (Fsp3) is 0.357. The lowest BCUT2D eigenvalue weighted by atomic mass is 10.1. The highest BCUT2D eigenvalue weighted by molar-refractivity contribution is 5.74. The van der Waals surface area contributed by atoms with Crippen molar-refractivity contribution in [3.8, 4) is 0 Å². The smallest absolute Gasteiger partial charge is 0.317 e. The van der Waals surface area contributed by atoms with E-state index in [-0.39, 0.29) is 12.1 Å². The van der Waals surface area contributed by atoms with Crippen LogP contribution in [0.1, 0.15) is 30.0 Å². The van der Waals surface area contributed by atoms with Crippen LogP contribution in [0.5, 0.6) is 0 Å². The van der Waals surface area contributed by atoms with E-state index in [1.54, 1.807) is 24.3 Å². The number of nitrogens with zero attached hydrogens (tertiary/aromatic N) is 3. The van der Waals surface area contributed by atoms with Gasteiger partial charge in [0.2, 0.25) is 0 Å². The minimum atomic E-state index is -0.157. The Balaban J connectivity index is 1.91. The number of hydrogen-bond acceptors (Lipinski definition) is 4. The van der Waals surface area contributed by atoms with Crippen molar-refractivity contribution in [2.45, 2.75) is 26.4 Å². The summed E-state index contributed by atoms with van der Waals surface area (Å²) in [7, 11) is 1.72. The maximum Gasteiger partial charge on any atom is 0.317 e. The first-order valence-electron chi connectivity index (χ1n) is 6.40. The molecule has 2 heterocycles. The summed E-state index contributed by atoms with van der Waals surface area (Å²) in [6.45, 7) is 4.16. The molecule has 0 saturated carbocycles. The molecule has 2 aromatic rings. The van der Waals surface area contributed by atoms with Crippen molar-refractivity contribution < 1.29 is 9.32 Å². The highest BCUT2D eigenvalue weighted by Crippen LogP contribution is 2.11. The maximum absolute atomic E-state index is 12.1. The third-order valence-corrected chi connectivity index (χ3v) is 2.97. The first-order chi connectivity index (χ1) is 9.56. The predicted molar refractivity (Wildman–Crippen MR) is 73.9 cm³/mol. The Morgan fingerprint density at radius 3 is 2.75 bits per heavy atom. The standard InChI is InChI=1S/C14H18N4O2/c1-10-8-13(17-20-10)9-18(3)14(19)16-11(2)12-4-6-15-7-5-12/h4-8,11H,9H2,1-3H3,(H,16,19)/t11-/m1/s1. The lowest BCUT2D eigenvalue weighted by Gasteiger charge is -2.20. The number of aromatic nitrogens is 2. The summed E-state index contributed by atoms with van der Waals surface area (Å²) >= 11 is 0. The Morgan fingerprint density at radius 2 is 2.15 bits per heavy atom. The van der Waals surface area contributed by atoms with Crippen LogP contribution in [0.3, 0.4) is 0 Å². The number of rotatable bonds is 4. The molecule has 1 N–H and O–H groups in total. The molecule has 0 fully saturated rings. The van der Waals surface area contributed by atoms with E-state index in [0.717, 1.165) is 17.0 Å². The predicted octanol–water partition coefficient (Wildman–Crippen LogP) is 2.28. The van der Waals surface area contributed by atoms with Crippen LogP contribution < -0.4 is 5.32 Å². The lowest BCUT2D eigenvalue weighted by molar-refractivity contribution is 0.202. The van der Waals surface area contributed by atoms with E-state index < -0.39 is 0 Å². The van der Waals surface area contributed by atoms with Gasteiger partial charge < -0.3 is 14.7 Å². The average Bonchev–Trinajstić information content (AvgIpc) is 2.85. The van der Waals surface area contributed by atoms with Gasteiger partial charge in [0.25, 0.3) is 0 Å². The third kappa shape index (κ3) is 3.57. The molecule has 0 aliphatic rings. The second-order valence-corrected chi connectivity index (χ2v) is 4.74. The van der Waals surface area contributed by atoms with Crippen molar-refractivity contribution in [1.29, 1.82) is 0 Å². The van der Waals surface area contributed by atoms with E-state index in [4.69, 9.17) is 4.52 Å². The van der Waals surface area contributed by atoms with Crippen LogP contribution in [0.25, 0.3) is 0 Å². The van der Waals surface area contributed by atoms with E-state index in [2.05, 4.69) is 15.5 Å². The molecule has 0 spiro atoms. The molecule has 0 aromatic carbocycles. The summed E-state index contributed by atoms with van der Waals surface area (Å²) in [6, 6.07) is 5.34. The summed E-state index contributed by atoms with van der Waals surface area (Å²) in [5, 5.41) is 6.79. The van der Waals surface area contributed by atoms with Crippen LogP contribution >= 0.6 is 0 Å². The second-order valence-electron chi connectivity index (χ2n) is 4.74. The summed E-state index contributed by atoms with van der Waals surface area (Å²) in [5.41, 5.74) is 1.75. The van der Waals surface area contributed by atoms with Crippen LogP contribution in [0.2, 0.25) is 0 Å². The number of aryl methyl sites for hydroxylation is 1. The van der Waals surface area contributed by atoms with E-state index in [0.29, 0.717) is 6.54 Å². The summed E-state index contributed by atoms with van der Waals surface area (Å²) in [4.78, 5) is 17.6. The van der Waals surface area contributed by atoms with Crippen LogP contribution in [0.15, 0.2) is 35.1 Å². The molecule has 2 aromatic heterocycles. The van der Waals surface area contributed by atoms with Gasteiger partial charge in [0, 0.05) is 25.5 Å². The molecule has 20 heavy (non-hydrogen) atoms. The van der Waals surface area contributed by atoms with Gasteiger partial charge in [0.15, 0.2) is 0 Å². The van der Waals surface area contributed by atoms with Gasteiger partial charge in [-0.05, 0) is 31.5 Å². The Hall–Kier alpha value is -2.37. The Bertz CT molecular complexity index is 568. The van der Waals surface area contributed by atoms with Gasteiger partial charge in [0.05, 0.1) is 12.6 Å². The van der Waals surface area contributed by atoms with Crippen molar-refractivity contribution in [3.63, 3.8) is 0 Å². The zero-order valence-electron chi connectivity index (χ0n) is 11.8. The zero-order chi connectivity index (χ0) is 14.5.